The standard InChI is InChI=1S/C20H31N3O3/c1-2-3-4-5-6-9-17(24)22-18(20(26)23-14-7-8-15-23)19(25)16-10-12-21-13-11-16/h10-13,18-19,25H,2-9,14-15H2,1H3,(H,22,24)/t18?,19-/m0/s1. The van der Waals surface area contributed by atoms with Crippen LogP contribution in [0.3, 0.4) is 0 Å². The number of aliphatic hydroxyl groups is 1. The van der Waals surface area contributed by atoms with Gasteiger partial charge in [0.05, 0.1) is 0 Å². The van der Waals surface area contributed by atoms with Crippen molar-refractivity contribution >= 4 is 11.8 Å². The minimum Gasteiger partial charge on any atom is -0.386 e. The van der Waals surface area contributed by atoms with Crippen molar-refractivity contribution in [1.29, 1.82) is 0 Å². The van der Waals surface area contributed by atoms with Crippen LogP contribution in [0.2, 0.25) is 0 Å². The molecule has 6 nitrogen and oxygen atoms in total. The molecular weight excluding hydrogens is 330 g/mol. The Balaban J connectivity index is 1.98. The minimum absolute atomic E-state index is 0.174. The zero-order valence-corrected chi connectivity index (χ0v) is 15.7. The fraction of sp³-hybridized carbons (Fsp3) is 0.650. The second-order valence-corrected chi connectivity index (χ2v) is 6.97. The van der Waals surface area contributed by atoms with Gasteiger partial charge in [-0.15, -0.1) is 0 Å². The third kappa shape index (κ3) is 6.09. The molecule has 1 aliphatic heterocycles. The summed E-state index contributed by atoms with van der Waals surface area (Å²) in [5, 5.41) is 13.5. The van der Waals surface area contributed by atoms with E-state index in [0.29, 0.717) is 25.1 Å². The van der Waals surface area contributed by atoms with Crippen LogP contribution in [-0.2, 0) is 9.59 Å². The summed E-state index contributed by atoms with van der Waals surface area (Å²) in [6.45, 7) is 3.53. The van der Waals surface area contributed by atoms with Crippen molar-refractivity contribution in [2.45, 2.75) is 70.4 Å². The van der Waals surface area contributed by atoms with Crippen LogP contribution in [-0.4, -0.2) is 45.9 Å². The number of aliphatic hydroxyl groups excluding tert-OH is 1. The second-order valence-electron chi connectivity index (χ2n) is 6.97. The van der Waals surface area contributed by atoms with Crippen LogP contribution in [0.25, 0.3) is 0 Å². The summed E-state index contributed by atoms with van der Waals surface area (Å²) in [7, 11) is 0. The SMILES string of the molecule is CCCCCCCC(=O)NC(C(=O)N1CCCC1)[C@@H](O)c1ccncc1. The van der Waals surface area contributed by atoms with Gasteiger partial charge in [-0.05, 0) is 37.0 Å². The summed E-state index contributed by atoms with van der Waals surface area (Å²) in [6, 6.07) is 2.40. The number of likely N-dealkylation sites (tertiary alicyclic amines) is 1. The molecule has 2 heterocycles. The first-order chi connectivity index (χ1) is 12.6. The lowest BCUT2D eigenvalue weighted by atomic mass is 10.0. The number of carbonyl (C=O) groups is 2. The number of carbonyl (C=O) groups excluding carboxylic acids is 2. The van der Waals surface area contributed by atoms with E-state index < -0.39 is 12.1 Å². The van der Waals surface area contributed by atoms with Gasteiger partial charge in [-0.25, -0.2) is 0 Å². The second kappa shape index (κ2) is 10.9. The van der Waals surface area contributed by atoms with E-state index in [1.54, 1.807) is 29.4 Å². The maximum atomic E-state index is 12.8. The maximum Gasteiger partial charge on any atom is 0.248 e. The molecule has 1 aromatic heterocycles. The van der Waals surface area contributed by atoms with Crippen molar-refractivity contribution in [1.82, 2.24) is 15.2 Å². The van der Waals surface area contributed by atoms with Gasteiger partial charge in [-0.3, -0.25) is 14.6 Å². The van der Waals surface area contributed by atoms with Gasteiger partial charge in [0.2, 0.25) is 11.8 Å². The Kier molecular flexibility index (Phi) is 8.54. The van der Waals surface area contributed by atoms with E-state index in [2.05, 4.69) is 17.2 Å². The molecule has 2 atom stereocenters. The Morgan fingerprint density at radius 2 is 1.81 bits per heavy atom. The number of pyridine rings is 1. The van der Waals surface area contributed by atoms with Crippen LogP contribution in [0.1, 0.15) is 70.0 Å². The Bertz CT molecular complexity index is 559. The van der Waals surface area contributed by atoms with Crippen molar-refractivity contribution in [3.63, 3.8) is 0 Å². The van der Waals surface area contributed by atoms with Crippen LogP contribution < -0.4 is 5.32 Å². The highest BCUT2D eigenvalue weighted by atomic mass is 16.3. The summed E-state index contributed by atoms with van der Waals surface area (Å²) in [6.07, 6.45) is 9.68. The molecule has 144 valence electrons. The molecule has 0 radical (unpaired) electrons. The number of hydrogen-bond donors (Lipinski definition) is 2. The molecule has 1 saturated heterocycles. The van der Waals surface area contributed by atoms with Crippen molar-refractivity contribution in [3.05, 3.63) is 30.1 Å². The molecular formula is C20H31N3O3. The summed E-state index contributed by atoms with van der Waals surface area (Å²) < 4.78 is 0. The van der Waals surface area contributed by atoms with Crippen LogP contribution in [0.15, 0.2) is 24.5 Å². The molecule has 1 fully saturated rings. The number of aromatic nitrogens is 1. The fourth-order valence-electron chi connectivity index (χ4n) is 3.30. The average molecular weight is 361 g/mol. The lowest BCUT2D eigenvalue weighted by Gasteiger charge is -2.28. The van der Waals surface area contributed by atoms with Crippen molar-refractivity contribution in [2.24, 2.45) is 0 Å². The van der Waals surface area contributed by atoms with E-state index in [-0.39, 0.29) is 11.8 Å². The average Bonchev–Trinajstić information content (AvgIpc) is 3.20. The Hall–Kier alpha value is -1.95. The van der Waals surface area contributed by atoms with Gasteiger partial charge in [0, 0.05) is 31.9 Å². The largest absolute Gasteiger partial charge is 0.386 e. The lowest BCUT2D eigenvalue weighted by molar-refractivity contribution is -0.139. The number of rotatable bonds is 10. The fourth-order valence-corrected chi connectivity index (χ4v) is 3.30. The van der Waals surface area contributed by atoms with E-state index in [9.17, 15) is 14.7 Å². The normalized spacial score (nSPS) is 16.3. The number of hydrogen-bond acceptors (Lipinski definition) is 4. The Labute approximate surface area is 156 Å². The van der Waals surface area contributed by atoms with Gasteiger partial charge in [-0.1, -0.05) is 32.6 Å². The van der Waals surface area contributed by atoms with Crippen LogP contribution in [0.5, 0.6) is 0 Å². The van der Waals surface area contributed by atoms with Gasteiger partial charge in [-0.2, -0.15) is 0 Å². The molecule has 2 rings (SSSR count). The third-order valence-corrected chi connectivity index (χ3v) is 4.87. The lowest BCUT2D eigenvalue weighted by Crippen LogP contribution is -2.51. The number of nitrogens with zero attached hydrogens (tertiary/aromatic N) is 2. The minimum atomic E-state index is -1.07. The highest BCUT2D eigenvalue weighted by molar-refractivity contribution is 5.88. The Morgan fingerprint density at radius 3 is 2.46 bits per heavy atom. The summed E-state index contributed by atoms with van der Waals surface area (Å²) in [5.41, 5.74) is 0.584. The summed E-state index contributed by atoms with van der Waals surface area (Å²) in [5.74, 6) is -0.377. The molecule has 6 heteroatoms. The number of amides is 2. The van der Waals surface area contributed by atoms with E-state index in [0.717, 1.165) is 38.5 Å². The summed E-state index contributed by atoms with van der Waals surface area (Å²) >= 11 is 0. The third-order valence-electron chi connectivity index (χ3n) is 4.87. The molecule has 1 aliphatic rings. The van der Waals surface area contributed by atoms with Crippen molar-refractivity contribution in [2.75, 3.05) is 13.1 Å². The van der Waals surface area contributed by atoms with E-state index in [1.165, 1.54) is 6.42 Å². The molecule has 0 spiro atoms. The molecule has 1 aromatic rings. The van der Waals surface area contributed by atoms with Gasteiger partial charge in [0.25, 0.3) is 0 Å². The zero-order valence-electron chi connectivity index (χ0n) is 15.7. The molecule has 0 aliphatic carbocycles. The zero-order chi connectivity index (χ0) is 18.8. The highest BCUT2D eigenvalue weighted by Crippen LogP contribution is 2.20. The van der Waals surface area contributed by atoms with Gasteiger partial charge < -0.3 is 15.3 Å². The predicted molar refractivity (Wildman–Crippen MR) is 100 cm³/mol. The molecule has 0 bridgehead atoms. The van der Waals surface area contributed by atoms with Crippen LogP contribution in [0, 0.1) is 0 Å². The number of unbranched alkanes of at least 4 members (excludes halogenated alkanes) is 4. The topological polar surface area (TPSA) is 82.5 Å². The first-order valence-corrected chi connectivity index (χ1v) is 9.79. The smallest absolute Gasteiger partial charge is 0.248 e. The molecule has 1 unspecified atom stereocenters. The van der Waals surface area contributed by atoms with Crippen LogP contribution in [0.4, 0.5) is 0 Å². The molecule has 0 aromatic carbocycles. The first kappa shape index (κ1) is 20.4. The van der Waals surface area contributed by atoms with Gasteiger partial charge in [0.15, 0.2) is 0 Å². The van der Waals surface area contributed by atoms with Gasteiger partial charge >= 0.3 is 0 Å². The molecule has 2 N–H and O–H groups in total. The van der Waals surface area contributed by atoms with E-state index in [1.807, 2.05) is 0 Å². The highest BCUT2D eigenvalue weighted by Gasteiger charge is 2.33. The summed E-state index contributed by atoms with van der Waals surface area (Å²) in [4.78, 5) is 30.9. The first-order valence-electron chi connectivity index (χ1n) is 9.79. The van der Waals surface area contributed by atoms with Crippen LogP contribution >= 0.6 is 0 Å². The molecule has 26 heavy (non-hydrogen) atoms. The quantitative estimate of drug-likeness (QED) is 0.628. The van der Waals surface area contributed by atoms with E-state index >= 15 is 0 Å². The monoisotopic (exact) mass is 361 g/mol. The Morgan fingerprint density at radius 1 is 1.15 bits per heavy atom. The maximum absolute atomic E-state index is 12.8. The van der Waals surface area contributed by atoms with Gasteiger partial charge in [0.1, 0.15) is 12.1 Å². The van der Waals surface area contributed by atoms with E-state index in [4.69, 9.17) is 0 Å². The van der Waals surface area contributed by atoms with Crippen molar-refractivity contribution in [3.8, 4) is 0 Å². The predicted octanol–water partition coefficient (Wildman–Crippen LogP) is 2.58. The number of nitrogens with one attached hydrogen (secondary N) is 1. The molecule has 0 saturated carbocycles. The molecule has 2 amide bonds. The van der Waals surface area contributed by atoms with Crippen molar-refractivity contribution < 1.29 is 14.7 Å².